The number of hydrogen-bond acceptors (Lipinski definition) is 3. The number of benzene rings is 1. The van der Waals surface area contributed by atoms with Crippen LogP contribution in [0.1, 0.15) is 5.56 Å². The summed E-state index contributed by atoms with van der Waals surface area (Å²) >= 11 is 5.95. The van der Waals surface area contributed by atoms with E-state index in [2.05, 4.69) is 9.97 Å². The number of rotatable bonds is 1. The number of nitrogens with two attached hydrogens (primary N) is 1. The van der Waals surface area contributed by atoms with Crippen molar-refractivity contribution in [1.82, 2.24) is 9.97 Å². The van der Waals surface area contributed by atoms with E-state index in [4.69, 9.17) is 17.3 Å². The second kappa shape index (κ2) is 4.06. The predicted molar refractivity (Wildman–Crippen MR) is 61.6 cm³/mol. The van der Waals surface area contributed by atoms with Gasteiger partial charge in [0.15, 0.2) is 0 Å². The Labute approximate surface area is 97.1 Å². The van der Waals surface area contributed by atoms with Crippen LogP contribution >= 0.6 is 11.6 Å². The molecule has 0 saturated heterocycles. The monoisotopic (exact) mass is 237 g/mol. The second-order valence-corrected chi connectivity index (χ2v) is 3.82. The standard InChI is InChI=1S/C11H9ClFN3/c1-6-2-7(8(12)3-9(6)13)10-4-11(14)16-5-15-10/h2-5H,1H3,(H2,14,15,16). The fourth-order valence-electron chi connectivity index (χ4n) is 1.37. The number of anilines is 1. The van der Waals surface area contributed by atoms with Gasteiger partial charge in [0.2, 0.25) is 0 Å². The molecule has 1 aromatic heterocycles. The van der Waals surface area contributed by atoms with Gasteiger partial charge in [-0.1, -0.05) is 11.6 Å². The molecule has 0 bridgehead atoms. The van der Waals surface area contributed by atoms with Crippen LogP contribution in [0.25, 0.3) is 11.3 Å². The molecule has 0 aliphatic rings. The fraction of sp³-hybridized carbons (Fsp3) is 0.0909. The van der Waals surface area contributed by atoms with E-state index in [0.29, 0.717) is 27.7 Å². The molecule has 2 rings (SSSR count). The fourth-order valence-corrected chi connectivity index (χ4v) is 1.62. The number of halogens is 2. The number of aryl methyl sites for hydroxylation is 1. The average Bonchev–Trinajstić information content (AvgIpc) is 2.23. The van der Waals surface area contributed by atoms with E-state index in [1.807, 2.05) is 0 Å². The highest BCUT2D eigenvalue weighted by Crippen LogP contribution is 2.29. The van der Waals surface area contributed by atoms with Crippen molar-refractivity contribution in [2.45, 2.75) is 6.92 Å². The van der Waals surface area contributed by atoms with Crippen molar-refractivity contribution < 1.29 is 4.39 Å². The molecule has 0 saturated carbocycles. The van der Waals surface area contributed by atoms with Crippen molar-refractivity contribution in [3.63, 3.8) is 0 Å². The van der Waals surface area contributed by atoms with Gasteiger partial charge in [-0.25, -0.2) is 14.4 Å². The third-order valence-corrected chi connectivity index (χ3v) is 2.53. The third kappa shape index (κ3) is 1.97. The van der Waals surface area contributed by atoms with E-state index >= 15 is 0 Å². The summed E-state index contributed by atoms with van der Waals surface area (Å²) in [4.78, 5) is 7.83. The van der Waals surface area contributed by atoms with Gasteiger partial charge in [-0.15, -0.1) is 0 Å². The molecule has 0 atom stereocenters. The van der Waals surface area contributed by atoms with Crippen molar-refractivity contribution in [3.8, 4) is 11.3 Å². The molecular formula is C11H9ClFN3. The van der Waals surface area contributed by atoms with Gasteiger partial charge in [-0.2, -0.15) is 0 Å². The Morgan fingerprint density at radius 1 is 1.25 bits per heavy atom. The Hall–Kier alpha value is -1.68. The lowest BCUT2D eigenvalue weighted by Gasteiger charge is -2.06. The number of nitrogen functional groups attached to an aromatic ring is 1. The van der Waals surface area contributed by atoms with E-state index in [1.54, 1.807) is 19.1 Å². The zero-order valence-corrected chi connectivity index (χ0v) is 9.29. The van der Waals surface area contributed by atoms with Crippen molar-refractivity contribution in [3.05, 3.63) is 40.9 Å². The number of hydrogen-bond donors (Lipinski definition) is 1. The summed E-state index contributed by atoms with van der Waals surface area (Å²) < 4.78 is 13.2. The van der Waals surface area contributed by atoms with Gasteiger partial charge in [0.1, 0.15) is 18.0 Å². The van der Waals surface area contributed by atoms with Crippen LogP contribution in [0, 0.1) is 12.7 Å². The summed E-state index contributed by atoms with van der Waals surface area (Å²) in [6, 6.07) is 4.50. The SMILES string of the molecule is Cc1cc(-c2cc(N)ncn2)c(Cl)cc1F. The maximum atomic E-state index is 13.2. The molecule has 2 N–H and O–H groups in total. The lowest BCUT2D eigenvalue weighted by atomic mass is 10.1. The van der Waals surface area contributed by atoms with Crippen molar-refractivity contribution in [2.24, 2.45) is 0 Å². The second-order valence-electron chi connectivity index (χ2n) is 3.41. The topological polar surface area (TPSA) is 51.8 Å². The van der Waals surface area contributed by atoms with Gasteiger partial charge >= 0.3 is 0 Å². The van der Waals surface area contributed by atoms with Crippen LogP contribution < -0.4 is 5.73 Å². The Kier molecular flexibility index (Phi) is 2.75. The first-order valence-corrected chi connectivity index (χ1v) is 4.99. The number of nitrogens with zero attached hydrogens (tertiary/aromatic N) is 2. The first kappa shape index (κ1) is 10.8. The van der Waals surface area contributed by atoms with Gasteiger partial charge in [-0.3, -0.25) is 0 Å². The Balaban J connectivity index is 2.60. The Morgan fingerprint density at radius 3 is 2.69 bits per heavy atom. The largest absolute Gasteiger partial charge is 0.384 e. The number of aromatic nitrogens is 2. The molecule has 16 heavy (non-hydrogen) atoms. The van der Waals surface area contributed by atoms with Crippen LogP contribution in [-0.4, -0.2) is 9.97 Å². The van der Waals surface area contributed by atoms with Gasteiger partial charge in [-0.05, 0) is 24.6 Å². The first-order valence-electron chi connectivity index (χ1n) is 4.61. The Bertz CT molecular complexity index is 543. The van der Waals surface area contributed by atoms with Gasteiger partial charge in [0, 0.05) is 11.6 Å². The molecule has 5 heteroatoms. The van der Waals surface area contributed by atoms with Gasteiger partial charge < -0.3 is 5.73 Å². The molecule has 0 radical (unpaired) electrons. The summed E-state index contributed by atoms with van der Waals surface area (Å²) in [5, 5.41) is 0.307. The molecule has 0 aliphatic carbocycles. The summed E-state index contributed by atoms with van der Waals surface area (Å²) in [5.41, 5.74) is 7.29. The Morgan fingerprint density at radius 2 is 2.00 bits per heavy atom. The van der Waals surface area contributed by atoms with Crippen LogP contribution in [0.2, 0.25) is 5.02 Å². The summed E-state index contributed by atoms with van der Waals surface area (Å²) in [6.45, 7) is 1.67. The van der Waals surface area contributed by atoms with E-state index < -0.39 is 0 Å². The third-order valence-electron chi connectivity index (χ3n) is 2.21. The normalized spacial score (nSPS) is 10.4. The average molecular weight is 238 g/mol. The summed E-state index contributed by atoms with van der Waals surface area (Å²) in [5.74, 6) is 0.0128. The molecule has 1 aromatic carbocycles. The maximum Gasteiger partial charge on any atom is 0.127 e. The molecular weight excluding hydrogens is 229 g/mol. The van der Waals surface area contributed by atoms with E-state index in [9.17, 15) is 4.39 Å². The van der Waals surface area contributed by atoms with Crippen molar-refractivity contribution >= 4 is 17.4 Å². The molecule has 0 aliphatic heterocycles. The zero-order chi connectivity index (χ0) is 11.7. The molecule has 2 aromatic rings. The highest BCUT2D eigenvalue weighted by molar-refractivity contribution is 6.33. The molecule has 3 nitrogen and oxygen atoms in total. The van der Waals surface area contributed by atoms with Crippen LogP contribution in [-0.2, 0) is 0 Å². The maximum absolute atomic E-state index is 13.2. The lowest BCUT2D eigenvalue weighted by Crippen LogP contribution is -1.94. The first-order chi connectivity index (χ1) is 7.58. The quantitative estimate of drug-likeness (QED) is 0.830. The van der Waals surface area contributed by atoms with Crippen molar-refractivity contribution in [1.29, 1.82) is 0 Å². The minimum atomic E-state index is -0.337. The van der Waals surface area contributed by atoms with Crippen LogP contribution in [0.4, 0.5) is 10.2 Å². The van der Waals surface area contributed by atoms with Gasteiger partial charge in [0.05, 0.1) is 10.7 Å². The molecule has 0 unspecified atom stereocenters. The smallest absolute Gasteiger partial charge is 0.127 e. The predicted octanol–water partition coefficient (Wildman–Crippen LogP) is 2.83. The molecule has 1 heterocycles. The lowest BCUT2D eigenvalue weighted by molar-refractivity contribution is 0.619. The summed E-state index contributed by atoms with van der Waals surface area (Å²) in [6.07, 6.45) is 1.35. The zero-order valence-electron chi connectivity index (χ0n) is 8.54. The van der Waals surface area contributed by atoms with Crippen LogP contribution in [0.5, 0.6) is 0 Å². The molecule has 0 fully saturated rings. The molecule has 0 amide bonds. The van der Waals surface area contributed by atoms with Gasteiger partial charge in [0.25, 0.3) is 0 Å². The molecule has 82 valence electrons. The minimum absolute atomic E-state index is 0.307. The van der Waals surface area contributed by atoms with Crippen LogP contribution in [0.3, 0.4) is 0 Å². The van der Waals surface area contributed by atoms with E-state index in [1.165, 1.54) is 12.4 Å². The van der Waals surface area contributed by atoms with Crippen LogP contribution in [0.15, 0.2) is 24.5 Å². The summed E-state index contributed by atoms with van der Waals surface area (Å²) in [7, 11) is 0. The molecule has 0 spiro atoms. The minimum Gasteiger partial charge on any atom is -0.384 e. The van der Waals surface area contributed by atoms with Crippen molar-refractivity contribution in [2.75, 3.05) is 5.73 Å². The van der Waals surface area contributed by atoms with E-state index in [0.717, 1.165) is 0 Å². The highest BCUT2D eigenvalue weighted by Gasteiger charge is 2.09. The van der Waals surface area contributed by atoms with E-state index in [-0.39, 0.29) is 5.82 Å². The highest BCUT2D eigenvalue weighted by atomic mass is 35.5.